The van der Waals surface area contributed by atoms with Crippen LogP contribution in [0.5, 0.6) is 0 Å². The molecule has 2 heterocycles. The van der Waals surface area contributed by atoms with Crippen molar-refractivity contribution in [1.29, 1.82) is 0 Å². The molecule has 1 aliphatic rings. The molecule has 0 saturated carbocycles. The predicted molar refractivity (Wildman–Crippen MR) is 64.3 cm³/mol. The minimum Gasteiger partial charge on any atom is -0.247 e. The number of hydrogen-bond donors (Lipinski definition) is 0. The summed E-state index contributed by atoms with van der Waals surface area (Å²) < 4.78 is 62.2. The molecule has 8 heteroatoms. The fraction of sp³-hybridized carbons (Fsp3) is 0.364. The average Bonchev–Trinajstić information content (AvgIpc) is 2.35. The fourth-order valence-electron chi connectivity index (χ4n) is 1.90. The van der Waals surface area contributed by atoms with Crippen LogP contribution in [0.1, 0.15) is 5.56 Å². The van der Waals surface area contributed by atoms with Gasteiger partial charge in [0.25, 0.3) is 16.4 Å². The van der Waals surface area contributed by atoms with Crippen LogP contribution in [0.4, 0.5) is 19.0 Å². The summed E-state index contributed by atoms with van der Waals surface area (Å²) in [7, 11) is -4.12. The van der Waals surface area contributed by atoms with Gasteiger partial charge in [-0.15, -0.1) is 0 Å². The number of anilines is 1. The van der Waals surface area contributed by atoms with E-state index in [0.717, 1.165) is 6.08 Å². The van der Waals surface area contributed by atoms with Gasteiger partial charge < -0.3 is 0 Å². The third-order valence-corrected chi connectivity index (χ3v) is 4.57. The summed E-state index contributed by atoms with van der Waals surface area (Å²) in [6.45, 7) is -1.96. The number of aromatic nitrogens is 1. The van der Waals surface area contributed by atoms with E-state index in [1.807, 2.05) is 0 Å². The highest BCUT2D eigenvalue weighted by Gasteiger charge is 2.36. The minimum absolute atomic E-state index is 0.0150. The second kappa shape index (κ2) is 5.20. The van der Waals surface area contributed by atoms with Crippen molar-refractivity contribution in [3.8, 4) is 0 Å². The van der Waals surface area contributed by atoms with Gasteiger partial charge in [-0.25, -0.2) is 30.9 Å². The van der Waals surface area contributed by atoms with Gasteiger partial charge in [-0.3, -0.25) is 0 Å². The molecule has 0 fully saturated rings. The molecule has 1 aliphatic heterocycles. The number of allylic oxidation sites excluding steroid dienone is 2. The molecule has 0 bridgehead atoms. The quantitative estimate of drug-likeness (QED) is 0.855. The molecule has 104 valence electrons. The Kier molecular flexibility index (Phi) is 3.79. The van der Waals surface area contributed by atoms with E-state index in [-0.39, 0.29) is 17.1 Å². The number of hydrogen-bond acceptors (Lipinski definition) is 3. The molecule has 0 unspecified atom stereocenters. The Morgan fingerprint density at radius 2 is 2.21 bits per heavy atom. The zero-order valence-corrected chi connectivity index (χ0v) is 10.6. The molecule has 0 aliphatic carbocycles. The van der Waals surface area contributed by atoms with E-state index in [1.165, 1.54) is 6.20 Å². The van der Waals surface area contributed by atoms with Crippen LogP contribution in [-0.4, -0.2) is 33.0 Å². The van der Waals surface area contributed by atoms with E-state index in [4.69, 9.17) is 0 Å². The van der Waals surface area contributed by atoms with Gasteiger partial charge in [-0.05, 0) is 12.1 Å². The van der Waals surface area contributed by atoms with Crippen LogP contribution in [0.2, 0.25) is 0 Å². The summed E-state index contributed by atoms with van der Waals surface area (Å²) in [5, 5.41) is 0. The van der Waals surface area contributed by atoms with E-state index in [2.05, 4.69) is 4.98 Å². The smallest absolute Gasteiger partial charge is 0.247 e. The Morgan fingerprint density at radius 1 is 1.47 bits per heavy atom. The summed E-state index contributed by atoms with van der Waals surface area (Å²) in [5.41, 5.74) is 0.484. The monoisotopic (exact) mass is 292 g/mol. The van der Waals surface area contributed by atoms with Gasteiger partial charge in [0.2, 0.25) is 0 Å². The third kappa shape index (κ3) is 2.58. The first kappa shape index (κ1) is 13.9. The van der Waals surface area contributed by atoms with Crippen LogP contribution in [0.3, 0.4) is 0 Å². The summed E-state index contributed by atoms with van der Waals surface area (Å²) in [6.07, 6.45) is -0.648. The van der Waals surface area contributed by atoms with Crippen molar-refractivity contribution in [2.45, 2.75) is 12.8 Å². The number of rotatable bonds is 3. The van der Waals surface area contributed by atoms with Crippen LogP contribution in [0.15, 0.2) is 29.3 Å². The lowest BCUT2D eigenvalue weighted by atomic mass is 10.1. The molecule has 0 radical (unpaired) electrons. The summed E-state index contributed by atoms with van der Waals surface area (Å²) in [6, 6.07) is 3.16. The number of sulfonamides is 1. The molecule has 4 nitrogen and oxygen atoms in total. The van der Waals surface area contributed by atoms with Crippen molar-refractivity contribution in [2.75, 3.05) is 17.5 Å². The first-order chi connectivity index (χ1) is 8.96. The molecular weight excluding hydrogens is 281 g/mol. The number of alkyl halides is 3. The highest BCUT2D eigenvalue weighted by atomic mass is 32.2. The van der Waals surface area contributed by atoms with Gasteiger partial charge in [0.05, 0.1) is 11.4 Å². The number of fused-ring (bicyclic) bond motifs is 1. The van der Waals surface area contributed by atoms with E-state index in [9.17, 15) is 21.6 Å². The maximum Gasteiger partial charge on any atom is 0.261 e. The summed E-state index contributed by atoms with van der Waals surface area (Å²) in [5.74, 6) is -0.0150. The van der Waals surface area contributed by atoms with Crippen LogP contribution >= 0.6 is 0 Å². The van der Waals surface area contributed by atoms with Gasteiger partial charge in [0.1, 0.15) is 12.5 Å². The molecular formula is C11H11F3N2O2S. The predicted octanol–water partition coefficient (Wildman–Crippen LogP) is 1.89. The SMILES string of the molecule is O=S1(=O)/C(=C\CF)Cc2cccnc2N1CC(F)F. The molecule has 0 spiro atoms. The van der Waals surface area contributed by atoms with E-state index in [0.29, 0.717) is 9.87 Å². The van der Waals surface area contributed by atoms with Gasteiger partial charge in [0, 0.05) is 18.2 Å². The van der Waals surface area contributed by atoms with Gasteiger partial charge >= 0.3 is 0 Å². The molecule has 1 aromatic rings. The fourth-order valence-corrected chi connectivity index (χ4v) is 3.50. The zero-order valence-electron chi connectivity index (χ0n) is 9.76. The Labute approximate surface area is 108 Å². The zero-order chi connectivity index (χ0) is 14.0. The highest BCUT2D eigenvalue weighted by Crippen LogP contribution is 2.33. The van der Waals surface area contributed by atoms with Gasteiger partial charge in [0.15, 0.2) is 0 Å². The van der Waals surface area contributed by atoms with Crippen molar-refractivity contribution in [3.05, 3.63) is 34.9 Å². The van der Waals surface area contributed by atoms with Gasteiger partial charge in [-0.1, -0.05) is 6.07 Å². The third-order valence-electron chi connectivity index (χ3n) is 2.70. The average molecular weight is 292 g/mol. The number of pyridine rings is 1. The lowest BCUT2D eigenvalue weighted by Gasteiger charge is -2.30. The highest BCUT2D eigenvalue weighted by molar-refractivity contribution is 7.96. The van der Waals surface area contributed by atoms with Crippen molar-refractivity contribution in [3.63, 3.8) is 0 Å². The molecule has 0 N–H and O–H groups in total. The number of nitrogens with zero attached hydrogens (tertiary/aromatic N) is 2. The summed E-state index contributed by atoms with van der Waals surface area (Å²) >= 11 is 0. The molecule has 0 aromatic carbocycles. The standard InChI is InChI=1S/C11H11F3N2O2S/c12-4-3-9-6-8-2-1-5-15-11(8)16(7-10(13)14)19(9,17)18/h1-3,5,10H,4,6-7H2/b9-3-. The molecule has 0 atom stereocenters. The second-order valence-corrected chi connectivity index (χ2v) is 5.83. The normalized spacial score (nSPS) is 19.8. The van der Waals surface area contributed by atoms with Crippen LogP contribution in [0, 0.1) is 0 Å². The number of halogens is 3. The van der Waals surface area contributed by atoms with E-state index < -0.39 is 29.7 Å². The molecule has 1 aromatic heterocycles. The molecule has 0 saturated heterocycles. The van der Waals surface area contributed by atoms with Crippen molar-refractivity contribution in [1.82, 2.24) is 4.98 Å². The minimum atomic E-state index is -4.12. The summed E-state index contributed by atoms with van der Waals surface area (Å²) in [4.78, 5) is 3.62. The first-order valence-electron chi connectivity index (χ1n) is 5.46. The Balaban J connectivity index is 2.57. The van der Waals surface area contributed by atoms with Crippen molar-refractivity contribution in [2.24, 2.45) is 0 Å². The van der Waals surface area contributed by atoms with Gasteiger partial charge in [-0.2, -0.15) is 0 Å². The van der Waals surface area contributed by atoms with E-state index >= 15 is 0 Å². The largest absolute Gasteiger partial charge is 0.261 e. The molecule has 0 amide bonds. The van der Waals surface area contributed by atoms with Crippen molar-refractivity contribution >= 4 is 15.8 Å². The van der Waals surface area contributed by atoms with Crippen LogP contribution in [-0.2, 0) is 16.4 Å². The molecule has 2 rings (SSSR count). The molecule has 19 heavy (non-hydrogen) atoms. The topological polar surface area (TPSA) is 50.3 Å². The Morgan fingerprint density at radius 3 is 2.84 bits per heavy atom. The van der Waals surface area contributed by atoms with Crippen LogP contribution in [0.25, 0.3) is 0 Å². The van der Waals surface area contributed by atoms with E-state index in [1.54, 1.807) is 12.1 Å². The second-order valence-electron chi connectivity index (χ2n) is 3.91. The van der Waals surface area contributed by atoms with Crippen molar-refractivity contribution < 1.29 is 21.6 Å². The first-order valence-corrected chi connectivity index (χ1v) is 6.90. The van der Waals surface area contributed by atoms with Crippen LogP contribution < -0.4 is 4.31 Å². The maximum atomic E-state index is 12.5. The maximum absolute atomic E-state index is 12.5. The lowest BCUT2D eigenvalue weighted by molar-refractivity contribution is 0.159. The Hall–Kier alpha value is -1.57. The Bertz CT molecular complexity index is 602. The lowest BCUT2D eigenvalue weighted by Crippen LogP contribution is -2.40.